The Bertz CT molecular complexity index is 1450. The average molecular weight is 621 g/mol. The van der Waals surface area contributed by atoms with E-state index in [9.17, 15) is 5.11 Å². The molecule has 1 N–H and O–H groups in total. The molecule has 0 amide bonds. The van der Waals surface area contributed by atoms with Crippen molar-refractivity contribution in [1.82, 2.24) is 0 Å². The van der Waals surface area contributed by atoms with Crippen LogP contribution in [0.2, 0.25) is 0 Å². The SMILES string of the molecule is C=CCO[C@H]1[C@@H](OCc2ccccc2)[C@@H](OCc2ccccc2)[C@H](OCc2ccccc2)[C@@H](OCc2ccccc2)[C@]1(O)CC=C. The minimum atomic E-state index is -1.57. The van der Waals surface area contributed by atoms with E-state index in [1.165, 1.54) is 0 Å². The fourth-order valence-electron chi connectivity index (χ4n) is 5.99. The van der Waals surface area contributed by atoms with Gasteiger partial charge in [-0.05, 0) is 28.7 Å². The van der Waals surface area contributed by atoms with Gasteiger partial charge in [-0.3, -0.25) is 0 Å². The molecule has 0 heterocycles. The third kappa shape index (κ3) is 8.68. The first-order valence-corrected chi connectivity index (χ1v) is 15.8. The molecule has 6 heteroatoms. The van der Waals surface area contributed by atoms with Crippen molar-refractivity contribution in [3.8, 4) is 0 Å². The van der Waals surface area contributed by atoms with E-state index in [2.05, 4.69) is 13.2 Å². The van der Waals surface area contributed by atoms with Gasteiger partial charge in [0.15, 0.2) is 0 Å². The molecule has 6 atom stereocenters. The third-order valence-electron chi connectivity index (χ3n) is 8.22. The van der Waals surface area contributed by atoms with Crippen molar-refractivity contribution in [2.75, 3.05) is 6.61 Å². The number of rotatable bonds is 17. The summed E-state index contributed by atoms with van der Waals surface area (Å²) in [6, 6.07) is 39.8. The summed E-state index contributed by atoms with van der Waals surface area (Å²) in [5.41, 5.74) is 2.38. The van der Waals surface area contributed by atoms with Crippen LogP contribution in [-0.4, -0.2) is 47.8 Å². The summed E-state index contributed by atoms with van der Waals surface area (Å²) < 4.78 is 33.3. The van der Waals surface area contributed by atoms with E-state index in [0.717, 1.165) is 22.3 Å². The van der Waals surface area contributed by atoms with Crippen LogP contribution in [0.4, 0.5) is 0 Å². The molecule has 0 unspecified atom stereocenters. The number of hydrogen-bond acceptors (Lipinski definition) is 6. The molecule has 1 aliphatic rings. The van der Waals surface area contributed by atoms with E-state index in [0.29, 0.717) is 6.61 Å². The molecule has 0 bridgehead atoms. The minimum Gasteiger partial charge on any atom is -0.384 e. The number of ether oxygens (including phenoxy) is 5. The molecule has 1 fully saturated rings. The molecule has 1 aliphatic carbocycles. The second-order valence-electron chi connectivity index (χ2n) is 11.5. The second-order valence-corrected chi connectivity index (χ2v) is 11.5. The minimum absolute atomic E-state index is 0.177. The predicted octanol–water partition coefficient (Wildman–Crippen LogP) is 7.22. The molecule has 4 aromatic rings. The van der Waals surface area contributed by atoms with Gasteiger partial charge < -0.3 is 28.8 Å². The highest BCUT2D eigenvalue weighted by molar-refractivity contribution is 5.19. The molecule has 6 nitrogen and oxygen atoms in total. The Morgan fingerprint density at radius 2 is 0.826 bits per heavy atom. The van der Waals surface area contributed by atoms with Crippen LogP contribution in [0.1, 0.15) is 28.7 Å². The maximum atomic E-state index is 12.8. The first kappa shape index (κ1) is 33.5. The Balaban J connectivity index is 1.57. The van der Waals surface area contributed by atoms with Crippen molar-refractivity contribution >= 4 is 0 Å². The fraction of sp³-hybridized carbons (Fsp3) is 0.300. The number of hydrogen-bond donors (Lipinski definition) is 1. The highest BCUT2D eigenvalue weighted by Crippen LogP contribution is 2.42. The van der Waals surface area contributed by atoms with Crippen LogP contribution in [0.25, 0.3) is 0 Å². The van der Waals surface area contributed by atoms with E-state index in [-0.39, 0.29) is 32.8 Å². The van der Waals surface area contributed by atoms with Gasteiger partial charge in [0, 0.05) is 0 Å². The molecule has 1 saturated carbocycles. The Hall–Kier alpha value is -3.88. The van der Waals surface area contributed by atoms with E-state index in [1.807, 2.05) is 121 Å². The zero-order chi connectivity index (χ0) is 32.0. The smallest absolute Gasteiger partial charge is 0.125 e. The second kappa shape index (κ2) is 17.2. The largest absolute Gasteiger partial charge is 0.384 e. The van der Waals surface area contributed by atoms with Crippen LogP contribution in [0.3, 0.4) is 0 Å². The van der Waals surface area contributed by atoms with Crippen molar-refractivity contribution in [1.29, 1.82) is 0 Å². The molecule has 5 rings (SSSR count). The lowest BCUT2D eigenvalue weighted by atomic mass is 9.72. The summed E-state index contributed by atoms with van der Waals surface area (Å²) in [5.74, 6) is 0. The van der Waals surface area contributed by atoms with Crippen molar-refractivity contribution in [3.63, 3.8) is 0 Å². The molecular weight excluding hydrogens is 576 g/mol. The van der Waals surface area contributed by atoms with Gasteiger partial charge in [-0.15, -0.1) is 13.2 Å². The zero-order valence-corrected chi connectivity index (χ0v) is 26.2. The van der Waals surface area contributed by atoms with Crippen molar-refractivity contribution in [2.24, 2.45) is 0 Å². The third-order valence-corrected chi connectivity index (χ3v) is 8.22. The number of benzene rings is 4. The molecule has 46 heavy (non-hydrogen) atoms. The standard InChI is InChI=1S/C40H44O6/c1-3-25-40(41)38(42-26-4-2)36(44-28-32-19-11-6-12-20-32)35(43-27-31-17-9-5-10-18-31)37(45-29-33-21-13-7-14-22-33)39(40)46-30-34-23-15-8-16-24-34/h3-24,35-39,41H,1-2,25-30H2/t35-,36+,37+,38+,39-,40+/m1/s1. The van der Waals surface area contributed by atoms with Crippen LogP contribution in [0.15, 0.2) is 147 Å². The van der Waals surface area contributed by atoms with Crippen LogP contribution >= 0.6 is 0 Å². The Morgan fingerprint density at radius 1 is 0.478 bits per heavy atom. The highest BCUT2D eigenvalue weighted by atomic mass is 16.6. The monoisotopic (exact) mass is 620 g/mol. The van der Waals surface area contributed by atoms with Crippen LogP contribution < -0.4 is 0 Å². The predicted molar refractivity (Wildman–Crippen MR) is 180 cm³/mol. The Kier molecular flexibility index (Phi) is 12.5. The topological polar surface area (TPSA) is 66.4 Å². The first-order valence-electron chi connectivity index (χ1n) is 15.8. The van der Waals surface area contributed by atoms with E-state index >= 15 is 0 Å². The first-order chi connectivity index (χ1) is 22.6. The summed E-state index contributed by atoms with van der Waals surface area (Å²) >= 11 is 0. The van der Waals surface area contributed by atoms with E-state index in [4.69, 9.17) is 23.7 Å². The Morgan fingerprint density at radius 3 is 1.20 bits per heavy atom. The normalized spacial score (nSPS) is 24.3. The maximum Gasteiger partial charge on any atom is 0.125 e. The molecule has 4 aromatic carbocycles. The van der Waals surface area contributed by atoms with Crippen LogP contribution in [0.5, 0.6) is 0 Å². The quantitative estimate of drug-likeness (QED) is 0.126. The lowest BCUT2D eigenvalue weighted by molar-refractivity contribution is -0.313. The summed E-state index contributed by atoms with van der Waals surface area (Å²) in [6.45, 7) is 9.20. The fourth-order valence-corrected chi connectivity index (χ4v) is 5.99. The summed E-state index contributed by atoms with van der Waals surface area (Å²) in [4.78, 5) is 0. The summed E-state index contributed by atoms with van der Waals surface area (Å²) in [5, 5.41) is 12.8. The van der Waals surface area contributed by atoms with Gasteiger partial charge in [0.1, 0.15) is 36.1 Å². The zero-order valence-electron chi connectivity index (χ0n) is 26.2. The van der Waals surface area contributed by atoms with Crippen molar-refractivity contribution < 1.29 is 28.8 Å². The van der Waals surface area contributed by atoms with Crippen LogP contribution in [-0.2, 0) is 50.1 Å². The van der Waals surface area contributed by atoms with Crippen LogP contribution in [0, 0.1) is 0 Å². The van der Waals surface area contributed by atoms with Gasteiger partial charge in [-0.1, -0.05) is 133 Å². The van der Waals surface area contributed by atoms with E-state index in [1.54, 1.807) is 12.2 Å². The molecular formula is C40H44O6. The molecule has 0 aliphatic heterocycles. The Labute approximate surface area is 272 Å². The van der Waals surface area contributed by atoms with Gasteiger partial charge >= 0.3 is 0 Å². The van der Waals surface area contributed by atoms with Gasteiger partial charge in [-0.2, -0.15) is 0 Å². The summed E-state index contributed by atoms with van der Waals surface area (Å²) in [6.07, 6.45) is -0.319. The molecule has 0 aromatic heterocycles. The maximum absolute atomic E-state index is 12.8. The lowest BCUT2D eigenvalue weighted by Gasteiger charge is -2.54. The van der Waals surface area contributed by atoms with Gasteiger partial charge in [-0.25, -0.2) is 0 Å². The molecule has 0 spiro atoms. The highest BCUT2D eigenvalue weighted by Gasteiger charge is 2.61. The molecule has 240 valence electrons. The molecule has 0 saturated heterocycles. The van der Waals surface area contributed by atoms with Gasteiger partial charge in [0.25, 0.3) is 0 Å². The summed E-state index contributed by atoms with van der Waals surface area (Å²) in [7, 11) is 0. The number of aliphatic hydroxyl groups is 1. The van der Waals surface area contributed by atoms with Gasteiger partial charge in [0.2, 0.25) is 0 Å². The molecule has 0 radical (unpaired) electrons. The van der Waals surface area contributed by atoms with Crippen molar-refractivity contribution in [3.05, 3.63) is 169 Å². The average Bonchev–Trinajstić information content (AvgIpc) is 3.10. The lowest BCUT2D eigenvalue weighted by Crippen LogP contribution is -2.73. The van der Waals surface area contributed by atoms with Crippen molar-refractivity contribution in [2.45, 2.75) is 69.0 Å². The van der Waals surface area contributed by atoms with Gasteiger partial charge in [0.05, 0.1) is 33.0 Å². The van der Waals surface area contributed by atoms with E-state index < -0.39 is 36.1 Å².